The number of nitrogens with zero attached hydrogens (tertiary/aromatic N) is 4. The van der Waals surface area contributed by atoms with Crippen LogP contribution < -0.4 is 21.1 Å². The predicted molar refractivity (Wildman–Crippen MR) is 116 cm³/mol. The van der Waals surface area contributed by atoms with Crippen molar-refractivity contribution in [2.45, 2.75) is 45.2 Å². The van der Waals surface area contributed by atoms with Crippen molar-refractivity contribution in [2.24, 2.45) is 5.92 Å². The molecule has 160 valence electrons. The molecule has 2 aromatic rings. The maximum Gasteiger partial charge on any atom is 0.263 e. The first-order chi connectivity index (χ1) is 14.6. The van der Waals surface area contributed by atoms with Gasteiger partial charge < -0.3 is 20.1 Å². The standard InChI is InChI=1S/C22H30N6O2/c1-16-5-11-28(15-17-4-2-8-23-14-17)21(30)19(16)20(29)26-18-6-12-27(13-7-18)22-24-9-3-10-25-22/h3,5,9-11,17-18,23H,2,4,6-8,12-15H2,1H3,(H,26,29). The minimum atomic E-state index is -0.261. The minimum absolute atomic E-state index is 0.0486. The molecule has 1 atom stereocenters. The minimum Gasteiger partial charge on any atom is -0.349 e. The molecule has 4 heterocycles. The van der Waals surface area contributed by atoms with E-state index in [1.165, 1.54) is 0 Å². The second-order valence-electron chi connectivity index (χ2n) is 8.33. The SMILES string of the molecule is Cc1ccn(CC2CCCNC2)c(=O)c1C(=O)NC1CCN(c2ncccn2)CC1. The Morgan fingerprint density at radius 1 is 1.23 bits per heavy atom. The highest BCUT2D eigenvalue weighted by atomic mass is 16.2. The molecule has 1 unspecified atom stereocenters. The van der Waals surface area contributed by atoms with Crippen LogP contribution in [0.4, 0.5) is 5.95 Å². The van der Waals surface area contributed by atoms with Gasteiger partial charge in [-0.05, 0) is 69.3 Å². The van der Waals surface area contributed by atoms with Crippen LogP contribution in [0.15, 0.2) is 35.5 Å². The Bertz CT molecular complexity index is 915. The molecule has 0 saturated carbocycles. The summed E-state index contributed by atoms with van der Waals surface area (Å²) in [5, 5.41) is 6.47. The third-order valence-corrected chi connectivity index (χ3v) is 6.12. The van der Waals surface area contributed by atoms with E-state index >= 15 is 0 Å². The molecule has 2 fully saturated rings. The number of nitrogens with one attached hydrogen (secondary N) is 2. The van der Waals surface area contributed by atoms with Gasteiger partial charge in [0.2, 0.25) is 5.95 Å². The molecular weight excluding hydrogens is 380 g/mol. The maximum absolute atomic E-state index is 13.0. The van der Waals surface area contributed by atoms with Gasteiger partial charge in [-0.2, -0.15) is 0 Å². The van der Waals surface area contributed by atoms with E-state index in [1.807, 2.05) is 19.2 Å². The number of carbonyl (C=O) groups excluding carboxylic acids is 1. The molecular formula is C22H30N6O2. The summed E-state index contributed by atoms with van der Waals surface area (Å²) in [5.74, 6) is 0.892. The van der Waals surface area contributed by atoms with Crippen LogP contribution in [-0.2, 0) is 6.54 Å². The molecule has 1 amide bonds. The molecule has 8 nitrogen and oxygen atoms in total. The number of pyridine rings is 1. The third kappa shape index (κ3) is 4.70. The van der Waals surface area contributed by atoms with Gasteiger partial charge in [-0.25, -0.2) is 9.97 Å². The quantitative estimate of drug-likeness (QED) is 0.773. The first kappa shape index (κ1) is 20.5. The van der Waals surface area contributed by atoms with Gasteiger partial charge in [-0.15, -0.1) is 0 Å². The van der Waals surface area contributed by atoms with Crippen molar-refractivity contribution in [1.82, 2.24) is 25.2 Å². The number of hydrogen-bond acceptors (Lipinski definition) is 6. The van der Waals surface area contributed by atoms with Crippen molar-refractivity contribution in [2.75, 3.05) is 31.1 Å². The van der Waals surface area contributed by atoms with E-state index in [-0.39, 0.29) is 23.1 Å². The fourth-order valence-electron chi connectivity index (χ4n) is 4.38. The molecule has 0 spiro atoms. The van der Waals surface area contributed by atoms with E-state index in [0.29, 0.717) is 12.5 Å². The van der Waals surface area contributed by atoms with Crippen molar-refractivity contribution in [3.05, 3.63) is 52.2 Å². The van der Waals surface area contributed by atoms with E-state index in [4.69, 9.17) is 0 Å². The lowest BCUT2D eigenvalue weighted by molar-refractivity contribution is 0.0928. The Labute approximate surface area is 176 Å². The molecule has 8 heteroatoms. The van der Waals surface area contributed by atoms with Crippen LogP contribution in [0, 0.1) is 12.8 Å². The highest BCUT2D eigenvalue weighted by Gasteiger charge is 2.25. The van der Waals surface area contributed by atoms with E-state index in [1.54, 1.807) is 23.0 Å². The summed E-state index contributed by atoms with van der Waals surface area (Å²) in [6, 6.07) is 3.73. The lowest BCUT2D eigenvalue weighted by Gasteiger charge is -2.32. The van der Waals surface area contributed by atoms with E-state index < -0.39 is 0 Å². The molecule has 2 N–H and O–H groups in total. The maximum atomic E-state index is 13.0. The highest BCUT2D eigenvalue weighted by molar-refractivity contribution is 5.95. The average molecular weight is 411 g/mol. The van der Waals surface area contributed by atoms with Crippen LogP contribution in [0.25, 0.3) is 0 Å². The van der Waals surface area contributed by atoms with E-state index in [0.717, 1.165) is 63.4 Å². The number of rotatable bonds is 5. The number of carbonyl (C=O) groups is 1. The number of aromatic nitrogens is 3. The normalized spacial score (nSPS) is 20.2. The van der Waals surface area contributed by atoms with Crippen molar-refractivity contribution in [3.63, 3.8) is 0 Å². The summed E-state index contributed by atoms with van der Waals surface area (Å²) in [6.07, 6.45) is 9.15. The fourth-order valence-corrected chi connectivity index (χ4v) is 4.38. The van der Waals surface area contributed by atoms with Gasteiger partial charge in [-0.3, -0.25) is 9.59 Å². The Morgan fingerprint density at radius 3 is 2.70 bits per heavy atom. The number of aryl methyl sites for hydroxylation is 1. The monoisotopic (exact) mass is 410 g/mol. The highest BCUT2D eigenvalue weighted by Crippen LogP contribution is 2.16. The molecule has 0 radical (unpaired) electrons. The van der Waals surface area contributed by atoms with Gasteiger partial charge in [-0.1, -0.05) is 0 Å². The molecule has 0 aliphatic carbocycles. The Hall–Kier alpha value is -2.74. The molecule has 2 aromatic heterocycles. The lowest BCUT2D eigenvalue weighted by Crippen LogP contribution is -2.46. The molecule has 0 bridgehead atoms. The first-order valence-corrected chi connectivity index (χ1v) is 10.9. The van der Waals surface area contributed by atoms with Gasteiger partial charge in [0.1, 0.15) is 5.56 Å². The average Bonchev–Trinajstić information content (AvgIpc) is 2.78. The van der Waals surface area contributed by atoms with Crippen LogP contribution in [-0.4, -0.2) is 52.7 Å². The lowest BCUT2D eigenvalue weighted by atomic mass is 9.99. The summed E-state index contributed by atoms with van der Waals surface area (Å²) in [7, 11) is 0. The summed E-state index contributed by atoms with van der Waals surface area (Å²) in [5.41, 5.74) is 0.814. The Morgan fingerprint density at radius 2 is 2.00 bits per heavy atom. The number of anilines is 1. The topological polar surface area (TPSA) is 92.2 Å². The largest absolute Gasteiger partial charge is 0.349 e. The van der Waals surface area contributed by atoms with Crippen LogP contribution in [0.3, 0.4) is 0 Å². The summed E-state index contributed by atoms with van der Waals surface area (Å²) >= 11 is 0. The van der Waals surface area contributed by atoms with Gasteiger partial charge in [0.15, 0.2) is 0 Å². The van der Waals surface area contributed by atoms with Crippen LogP contribution in [0.1, 0.15) is 41.6 Å². The molecule has 2 aliphatic heterocycles. The molecule has 2 saturated heterocycles. The van der Waals surface area contributed by atoms with Gasteiger partial charge in [0, 0.05) is 44.3 Å². The summed E-state index contributed by atoms with van der Waals surface area (Å²) in [4.78, 5) is 36.7. The zero-order valence-corrected chi connectivity index (χ0v) is 17.5. The molecule has 0 aromatic carbocycles. The number of hydrogen-bond donors (Lipinski definition) is 2. The van der Waals surface area contributed by atoms with Gasteiger partial charge in [0.05, 0.1) is 0 Å². The van der Waals surface area contributed by atoms with Crippen molar-refractivity contribution in [3.8, 4) is 0 Å². The Kier molecular flexibility index (Phi) is 6.42. The Balaban J connectivity index is 1.39. The first-order valence-electron chi connectivity index (χ1n) is 10.9. The van der Waals surface area contributed by atoms with Gasteiger partial charge >= 0.3 is 0 Å². The van der Waals surface area contributed by atoms with E-state index in [9.17, 15) is 9.59 Å². The zero-order valence-electron chi connectivity index (χ0n) is 17.5. The second-order valence-corrected chi connectivity index (χ2v) is 8.33. The number of piperidine rings is 2. The van der Waals surface area contributed by atoms with Crippen molar-refractivity contribution >= 4 is 11.9 Å². The summed E-state index contributed by atoms with van der Waals surface area (Å²) in [6.45, 7) is 6.01. The number of amides is 1. The van der Waals surface area contributed by atoms with E-state index in [2.05, 4.69) is 25.5 Å². The van der Waals surface area contributed by atoms with Crippen LogP contribution >= 0.6 is 0 Å². The predicted octanol–water partition coefficient (Wildman–Crippen LogP) is 1.35. The molecule has 4 rings (SSSR count). The third-order valence-electron chi connectivity index (χ3n) is 6.12. The molecule has 2 aliphatic rings. The molecule has 30 heavy (non-hydrogen) atoms. The van der Waals surface area contributed by atoms with Crippen LogP contribution in [0.5, 0.6) is 0 Å². The fraction of sp³-hybridized carbons (Fsp3) is 0.545. The second kappa shape index (κ2) is 9.38. The van der Waals surface area contributed by atoms with Crippen molar-refractivity contribution in [1.29, 1.82) is 0 Å². The zero-order chi connectivity index (χ0) is 20.9. The van der Waals surface area contributed by atoms with Gasteiger partial charge in [0.25, 0.3) is 11.5 Å². The van der Waals surface area contributed by atoms with Crippen LogP contribution in [0.2, 0.25) is 0 Å². The smallest absolute Gasteiger partial charge is 0.263 e. The summed E-state index contributed by atoms with van der Waals surface area (Å²) < 4.78 is 1.70. The van der Waals surface area contributed by atoms with Crippen molar-refractivity contribution < 1.29 is 4.79 Å².